The number of amides is 1. The van der Waals surface area contributed by atoms with Gasteiger partial charge in [0.15, 0.2) is 0 Å². The van der Waals surface area contributed by atoms with E-state index in [4.69, 9.17) is 16.3 Å². The minimum atomic E-state index is -0.305. The molecule has 1 aromatic carbocycles. The Balaban J connectivity index is 1.49. The van der Waals surface area contributed by atoms with Crippen LogP contribution >= 0.6 is 11.6 Å². The number of rotatable bonds is 8. The van der Waals surface area contributed by atoms with Gasteiger partial charge in [0.2, 0.25) is 11.9 Å². The van der Waals surface area contributed by atoms with Gasteiger partial charge in [0.1, 0.15) is 11.4 Å². The molecular formula is C27H29ClN8O2. The number of benzene rings is 1. The van der Waals surface area contributed by atoms with Gasteiger partial charge in [-0.3, -0.25) is 4.79 Å². The minimum Gasteiger partial charge on any atom is -0.494 e. The molecule has 1 saturated heterocycles. The van der Waals surface area contributed by atoms with Crippen LogP contribution in [-0.2, 0) is 11.8 Å². The lowest BCUT2D eigenvalue weighted by atomic mass is 10.0. The Morgan fingerprint density at radius 3 is 2.71 bits per heavy atom. The number of halogens is 1. The van der Waals surface area contributed by atoms with E-state index in [0.29, 0.717) is 39.8 Å². The molecule has 0 spiro atoms. The number of hydrogen-bond donors (Lipinski definition) is 2. The first-order valence-electron chi connectivity index (χ1n) is 12.0. The number of anilines is 4. The average molecular weight is 533 g/mol. The largest absolute Gasteiger partial charge is 0.494 e. The second kappa shape index (κ2) is 10.3. The van der Waals surface area contributed by atoms with Crippen molar-refractivity contribution >= 4 is 51.6 Å². The molecule has 10 nitrogen and oxygen atoms in total. The SMILES string of the molecule is C=CC(=O)Nc1cc(Nc2ncc(Cl)c(-c3cnc4c(ccn4C)c3)n2)c(OC)cc1N1CC(N(C)C)C1. The molecule has 3 aromatic heterocycles. The Hall–Kier alpha value is -4.15. The molecule has 0 atom stereocenters. The number of ether oxygens (including phenoxy) is 1. The van der Waals surface area contributed by atoms with Crippen molar-refractivity contribution < 1.29 is 9.53 Å². The highest BCUT2D eigenvalue weighted by Gasteiger charge is 2.31. The van der Waals surface area contributed by atoms with Crippen LogP contribution in [0.15, 0.2) is 55.5 Å². The molecule has 1 aliphatic heterocycles. The highest BCUT2D eigenvalue weighted by molar-refractivity contribution is 6.33. The lowest BCUT2D eigenvalue weighted by molar-refractivity contribution is -0.111. The van der Waals surface area contributed by atoms with Crippen LogP contribution in [-0.4, -0.2) is 70.7 Å². The quantitative estimate of drug-likeness (QED) is 0.324. The van der Waals surface area contributed by atoms with Crippen molar-refractivity contribution in [3.8, 4) is 17.0 Å². The van der Waals surface area contributed by atoms with E-state index in [0.717, 1.165) is 35.4 Å². The lowest BCUT2D eigenvalue weighted by Crippen LogP contribution is -2.57. The zero-order valence-electron chi connectivity index (χ0n) is 21.7. The summed E-state index contributed by atoms with van der Waals surface area (Å²) >= 11 is 6.48. The van der Waals surface area contributed by atoms with Crippen molar-refractivity contribution in [2.24, 2.45) is 7.05 Å². The van der Waals surface area contributed by atoms with Crippen LogP contribution in [0.4, 0.5) is 23.0 Å². The molecule has 1 aliphatic rings. The molecule has 1 fully saturated rings. The van der Waals surface area contributed by atoms with Gasteiger partial charge in [-0.05, 0) is 38.4 Å². The third kappa shape index (κ3) is 4.88. The summed E-state index contributed by atoms with van der Waals surface area (Å²) in [6.07, 6.45) is 6.48. The van der Waals surface area contributed by atoms with Gasteiger partial charge in [0.25, 0.3) is 0 Å². The van der Waals surface area contributed by atoms with Crippen LogP contribution in [0.3, 0.4) is 0 Å². The monoisotopic (exact) mass is 532 g/mol. The first-order valence-corrected chi connectivity index (χ1v) is 12.4. The fraction of sp³-hybridized carbons (Fsp3) is 0.259. The van der Waals surface area contributed by atoms with Crippen LogP contribution in [0.5, 0.6) is 5.75 Å². The number of fused-ring (bicyclic) bond motifs is 1. The number of aryl methyl sites for hydroxylation is 1. The van der Waals surface area contributed by atoms with Crippen LogP contribution in [0, 0.1) is 0 Å². The number of pyridine rings is 1. The third-order valence-electron chi connectivity index (χ3n) is 6.67. The third-order valence-corrected chi connectivity index (χ3v) is 6.94. The molecule has 0 unspecified atom stereocenters. The van der Waals surface area contributed by atoms with Crippen molar-refractivity contribution in [2.45, 2.75) is 6.04 Å². The number of carbonyl (C=O) groups is 1. The standard InChI is InChI=1S/C27H29ClN8O2/c1-6-24(37)31-20-10-21(23(38-5)11-22(20)36-14-18(15-36)34(2)3)32-27-30-13-19(28)25(33-27)17-9-16-7-8-35(4)26(16)29-12-17/h6-13,18H,1,14-15H2,2-5H3,(H,31,37)(H,30,32,33). The van der Waals surface area contributed by atoms with Crippen molar-refractivity contribution in [3.63, 3.8) is 0 Å². The Labute approximate surface area is 225 Å². The van der Waals surface area contributed by atoms with Crippen LogP contribution in [0.2, 0.25) is 5.02 Å². The molecular weight excluding hydrogens is 504 g/mol. The smallest absolute Gasteiger partial charge is 0.247 e. The van der Waals surface area contributed by atoms with Crippen molar-refractivity contribution in [1.29, 1.82) is 0 Å². The van der Waals surface area contributed by atoms with Gasteiger partial charge in [0, 0.05) is 55.6 Å². The van der Waals surface area contributed by atoms with Gasteiger partial charge in [0.05, 0.1) is 41.1 Å². The fourth-order valence-corrected chi connectivity index (χ4v) is 4.59. The van der Waals surface area contributed by atoms with E-state index in [-0.39, 0.29) is 5.91 Å². The zero-order chi connectivity index (χ0) is 27.0. The maximum absolute atomic E-state index is 12.2. The van der Waals surface area contributed by atoms with E-state index in [2.05, 4.69) is 56.1 Å². The van der Waals surface area contributed by atoms with E-state index in [1.807, 2.05) is 42.1 Å². The van der Waals surface area contributed by atoms with Gasteiger partial charge >= 0.3 is 0 Å². The topological polar surface area (TPSA) is 100 Å². The highest BCUT2D eigenvalue weighted by Crippen LogP contribution is 2.40. The normalized spacial score (nSPS) is 13.5. The maximum atomic E-state index is 12.2. The Morgan fingerprint density at radius 1 is 1.21 bits per heavy atom. The van der Waals surface area contributed by atoms with Crippen molar-refractivity contribution in [3.05, 3.63) is 60.5 Å². The first-order chi connectivity index (χ1) is 18.3. The molecule has 0 aliphatic carbocycles. The zero-order valence-corrected chi connectivity index (χ0v) is 22.5. The van der Waals surface area contributed by atoms with Gasteiger partial charge < -0.3 is 29.7 Å². The number of nitrogens with zero attached hydrogens (tertiary/aromatic N) is 6. The number of nitrogens with one attached hydrogen (secondary N) is 2. The molecule has 4 aromatic rings. The number of methoxy groups -OCH3 is 1. The van der Waals surface area contributed by atoms with Gasteiger partial charge in [-0.15, -0.1) is 0 Å². The van der Waals surface area contributed by atoms with Crippen LogP contribution in [0.1, 0.15) is 0 Å². The molecule has 5 rings (SSSR count). The van der Waals surface area contributed by atoms with E-state index >= 15 is 0 Å². The van der Waals surface area contributed by atoms with E-state index in [1.165, 1.54) is 6.08 Å². The molecule has 2 N–H and O–H groups in total. The van der Waals surface area contributed by atoms with Crippen LogP contribution in [0.25, 0.3) is 22.3 Å². The summed E-state index contributed by atoms with van der Waals surface area (Å²) in [7, 11) is 7.66. The molecule has 196 valence electrons. The Morgan fingerprint density at radius 2 is 2.00 bits per heavy atom. The Kier molecular flexibility index (Phi) is 6.92. The lowest BCUT2D eigenvalue weighted by Gasteiger charge is -2.45. The molecule has 4 heterocycles. The summed E-state index contributed by atoms with van der Waals surface area (Å²) in [5, 5.41) is 7.53. The minimum absolute atomic E-state index is 0.305. The second-order valence-electron chi connectivity index (χ2n) is 9.36. The predicted molar refractivity (Wildman–Crippen MR) is 152 cm³/mol. The number of likely N-dealkylation sites (N-methyl/N-ethyl adjacent to an activating group) is 1. The maximum Gasteiger partial charge on any atom is 0.247 e. The predicted octanol–water partition coefficient (Wildman–Crippen LogP) is 4.31. The Bertz CT molecular complexity index is 1530. The van der Waals surface area contributed by atoms with Gasteiger partial charge in [-0.2, -0.15) is 0 Å². The molecule has 1 amide bonds. The highest BCUT2D eigenvalue weighted by atomic mass is 35.5. The number of carbonyl (C=O) groups excluding carboxylic acids is 1. The molecule has 0 bridgehead atoms. The first kappa shape index (κ1) is 25.5. The van der Waals surface area contributed by atoms with Crippen LogP contribution < -0.4 is 20.3 Å². The number of hydrogen-bond acceptors (Lipinski definition) is 8. The number of aromatic nitrogens is 4. The average Bonchev–Trinajstić information content (AvgIpc) is 3.24. The summed E-state index contributed by atoms with van der Waals surface area (Å²) in [6.45, 7) is 5.25. The van der Waals surface area contributed by atoms with E-state index < -0.39 is 0 Å². The summed E-state index contributed by atoms with van der Waals surface area (Å²) in [6, 6.07) is 8.13. The van der Waals surface area contributed by atoms with Gasteiger partial charge in [-0.1, -0.05) is 18.2 Å². The second-order valence-corrected chi connectivity index (χ2v) is 9.77. The van der Waals surface area contributed by atoms with Crippen molar-refractivity contribution in [1.82, 2.24) is 24.4 Å². The van der Waals surface area contributed by atoms with Gasteiger partial charge in [-0.25, -0.2) is 15.0 Å². The van der Waals surface area contributed by atoms with Crippen molar-refractivity contribution in [2.75, 3.05) is 49.8 Å². The molecule has 11 heteroatoms. The fourth-order valence-electron chi connectivity index (χ4n) is 4.39. The van der Waals surface area contributed by atoms with E-state index in [9.17, 15) is 4.79 Å². The molecule has 38 heavy (non-hydrogen) atoms. The summed E-state index contributed by atoms with van der Waals surface area (Å²) in [4.78, 5) is 30.2. The summed E-state index contributed by atoms with van der Waals surface area (Å²) in [5.74, 6) is 0.597. The van der Waals surface area contributed by atoms with E-state index in [1.54, 1.807) is 19.5 Å². The molecule has 0 saturated carbocycles. The summed E-state index contributed by atoms with van der Waals surface area (Å²) < 4.78 is 7.65. The molecule has 0 radical (unpaired) electrons. The summed E-state index contributed by atoms with van der Waals surface area (Å²) in [5.41, 5.74) is 4.27.